The molecule has 0 saturated heterocycles. The van der Waals surface area contributed by atoms with E-state index in [2.05, 4.69) is 224 Å². The zero-order valence-electron chi connectivity index (χ0n) is 37.7. The molecule has 68 heavy (non-hydrogen) atoms. The standard InChI is InChI=1S/C67H45N/c1-2-3-36-59(68)50-38-48(57-40-55(42-20-8-4-9-21-42)64-51-32-16-28-44-30-18-34-53(60(44)51)66(64)62(57)46-24-12-6-13-25-46)37-49(39-50)58-41-56(43-22-10-5-11-23-43)65-52-33-17-29-45-31-19-35-54(61(45)52)67(65)63(58)47-26-14-7-15-27-47/h2-41H,68H2,1H3/b3-2-,59-36-. The highest BCUT2D eigenvalue weighted by molar-refractivity contribution is 6.24. The minimum Gasteiger partial charge on any atom is -0.398 e. The normalized spacial score (nSPS) is 12.3. The van der Waals surface area contributed by atoms with E-state index in [1.807, 2.05) is 25.2 Å². The Balaban J connectivity index is 1.19. The molecular weight excluding hydrogens is 819 g/mol. The first-order valence-electron chi connectivity index (χ1n) is 23.6. The highest BCUT2D eigenvalue weighted by Gasteiger charge is 2.33. The molecule has 1 nitrogen and oxygen atoms in total. The fourth-order valence-corrected chi connectivity index (χ4v) is 11.3. The molecule has 318 valence electrons. The maximum Gasteiger partial charge on any atom is 0.0387 e. The Kier molecular flexibility index (Phi) is 9.30. The smallest absolute Gasteiger partial charge is 0.0387 e. The minimum absolute atomic E-state index is 0.706. The van der Waals surface area contributed by atoms with Crippen LogP contribution in [0.2, 0.25) is 0 Å². The summed E-state index contributed by atoms with van der Waals surface area (Å²) in [4.78, 5) is 0. The van der Waals surface area contributed by atoms with Gasteiger partial charge in [-0.1, -0.05) is 206 Å². The molecule has 0 aromatic heterocycles. The van der Waals surface area contributed by atoms with Gasteiger partial charge in [0.1, 0.15) is 0 Å². The summed E-state index contributed by atoms with van der Waals surface area (Å²) < 4.78 is 0. The Morgan fingerprint density at radius 2 is 0.662 bits per heavy atom. The highest BCUT2D eigenvalue weighted by atomic mass is 14.6. The van der Waals surface area contributed by atoms with Gasteiger partial charge in [0.15, 0.2) is 0 Å². The Labute approximate surface area is 397 Å². The summed E-state index contributed by atoms with van der Waals surface area (Å²) in [5.74, 6) is 0. The van der Waals surface area contributed by atoms with Crippen molar-refractivity contribution in [2.24, 2.45) is 5.73 Å². The molecular formula is C67H45N. The maximum atomic E-state index is 7.22. The van der Waals surface area contributed by atoms with Crippen LogP contribution in [0.1, 0.15) is 12.5 Å². The molecule has 0 aliphatic heterocycles. The molecule has 0 amide bonds. The van der Waals surface area contributed by atoms with Crippen LogP contribution in [0, 0.1) is 0 Å². The molecule has 0 unspecified atom stereocenters. The number of allylic oxidation sites excluding steroid dienone is 3. The van der Waals surface area contributed by atoms with Crippen LogP contribution < -0.4 is 5.73 Å². The average molecular weight is 864 g/mol. The summed E-state index contributed by atoms with van der Waals surface area (Å²) in [5, 5.41) is 5.11. The Bertz CT molecular complexity index is 3630. The number of benzene rings is 11. The number of rotatable bonds is 8. The second kappa shape index (κ2) is 16.0. The molecule has 11 aromatic carbocycles. The number of hydrogen-bond acceptors (Lipinski definition) is 1. The Morgan fingerprint density at radius 1 is 0.309 bits per heavy atom. The Morgan fingerprint density at radius 3 is 1.04 bits per heavy atom. The van der Waals surface area contributed by atoms with Crippen LogP contribution in [-0.4, -0.2) is 0 Å². The molecule has 1 heteroatoms. The lowest BCUT2D eigenvalue weighted by molar-refractivity contribution is 1.49. The molecule has 0 spiro atoms. The van der Waals surface area contributed by atoms with Crippen molar-refractivity contribution in [3.05, 3.63) is 248 Å². The van der Waals surface area contributed by atoms with Gasteiger partial charge in [0, 0.05) is 5.70 Å². The van der Waals surface area contributed by atoms with E-state index >= 15 is 0 Å². The maximum absolute atomic E-state index is 7.22. The van der Waals surface area contributed by atoms with E-state index in [9.17, 15) is 0 Å². The predicted octanol–water partition coefficient (Wildman–Crippen LogP) is 18.2. The van der Waals surface area contributed by atoms with Gasteiger partial charge in [-0.15, -0.1) is 0 Å². The van der Waals surface area contributed by atoms with Crippen LogP contribution in [0.25, 0.3) is 139 Å². The van der Waals surface area contributed by atoms with Gasteiger partial charge in [-0.3, -0.25) is 0 Å². The first-order valence-corrected chi connectivity index (χ1v) is 23.6. The molecule has 2 aliphatic rings. The van der Waals surface area contributed by atoms with Crippen molar-refractivity contribution in [1.82, 2.24) is 0 Å². The van der Waals surface area contributed by atoms with Crippen LogP contribution in [-0.2, 0) is 0 Å². The van der Waals surface area contributed by atoms with Gasteiger partial charge in [-0.2, -0.15) is 0 Å². The summed E-state index contributed by atoms with van der Waals surface area (Å²) in [6, 6.07) is 82.9. The second-order valence-electron chi connectivity index (χ2n) is 18.0. The van der Waals surface area contributed by atoms with E-state index < -0.39 is 0 Å². The number of hydrogen-bond donors (Lipinski definition) is 1. The van der Waals surface area contributed by atoms with Crippen molar-refractivity contribution in [2.45, 2.75) is 6.92 Å². The lowest BCUT2D eigenvalue weighted by atomic mass is 9.80. The van der Waals surface area contributed by atoms with E-state index in [-0.39, 0.29) is 0 Å². The van der Waals surface area contributed by atoms with Crippen molar-refractivity contribution >= 4 is 27.2 Å². The molecule has 0 radical (unpaired) electrons. The van der Waals surface area contributed by atoms with Gasteiger partial charge < -0.3 is 5.73 Å². The van der Waals surface area contributed by atoms with E-state index in [0.717, 1.165) is 27.8 Å². The number of fused-ring (bicyclic) bond motifs is 6. The molecule has 0 heterocycles. The summed E-state index contributed by atoms with van der Waals surface area (Å²) >= 11 is 0. The SMILES string of the molecule is C/C=C\C=C(/N)c1cc(-c2cc(-c3ccccc3)c3c(c2-c2ccccc2)-c2cccc4cccc-3c24)cc(-c2cc(-c3ccccc3)c3c(c2-c2ccccc2)-c2cccc4cccc-3c24)c1. The van der Waals surface area contributed by atoms with Gasteiger partial charge in [0.05, 0.1) is 0 Å². The Hall–Kier alpha value is -8.78. The highest BCUT2D eigenvalue weighted by Crippen LogP contribution is 2.59. The third kappa shape index (κ3) is 6.17. The van der Waals surface area contributed by atoms with E-state index in [4.69, 9.17) is 5.73 Å². The van der Waals surface area contributed by atoms with E-state index in [0.29, 0.717) is 5.70 Å². The van der Waals surface area contributed by atoms with Crippen molar-refractivity contribution in [2.75, 3.05) is 0 Å². The minimum atomic E-state index is 0.706. The average Bonchev–Trinajstić information content (AvgIpc) is 3.93. The summed E-state index contributed by atoms with van der Waals surface area (Å²) in [5.41, 5.74) is 33.1. The zero-order valence-corrected chi connectivity index (χ0v) is 37.7. The second-order valence-corrected chi connectivity index (χ2v) is 18.0. The first kappa shape index (κ1) is 39.6. The fraction of sp³-hybridized carbons (Fsp3) is 0.0149. The van der Waals surface area contributed by atoms with Crippen molar-refractivity contribution < 1.29 is 0 Å². The summed E-state index contributed by atoms with van der Waals surface area (Å²) in [6.07, 6.45) is 6.10. The molecule has 13 rings (SSSR count). The van der Waals surface area contributed by atoms with Gasteiger partial charge in [0.25, 0.3) is 0 Å². The summed E-state index contributed by atoms with van der Waals surface area (Å²) in [7, 11) is 0. The van der Waals surface area contributed by atoms with Crippen molar-refractivity contribution in [3.63, 3.8) is 0 Å². The van der Waals surface area contributed by atoms with Crippen LogP contribution in [0.5, 0.6) is 0 Å². The molecule has 0 atom stereocenters. The van der Waals surface area contributed by atoms with Gasteiger partial charge in [-0.05, 0) is 182 Å². The van der Waals surface area contributed by atoms with Crippen LogP contribution in [0.3, 0.4) is 0 Å². The topological polar surface area (TPSA) is 26.0 Å². The number of nitrogens with two attached hydrogens (primary N) is 1. The lowest BCUT2D eigenvalue weighted by Gasteiger charge is -2.23. The molecule has 2 aliphatic carbocycles. The summed E-state index contributed by atoms with van der Waals surface area (Å²) in [6.45, 7) is 2.03. The van der Waals surface area contributed by atoms with E-state index in [1.54, 1.807) is 0 Å². The fourth-order valence-electron chi connectivity index (χ4n) is 11.3. The van der Waals surface area contributed by atoms with Crippen LogP contribution >= 0.6 is 0 Å². The molecule has 11 aromatic rings. The molecule has 0 saturated carbocycles. The van der Waals surface area contributed by atoms with Crippen molar-refractivity contribution in [1.29, 1.82) is 0 Å². The molecule has 0 fully saturated rings. The zero-order chi connectivity index (χ0) is 45.3. The van der Waals surface area contributed by atoms with Gasteiger partial charge in [-0.25, -0.2) is 0 Å². The predicted molar refractivity (Wildman–Crippen MR) is 290 cm³/mol. The monoisotopic (exact) mass is 863 g/mol. The van der Waals surface area contributed by atoms with Crippen LogP contribution in [0.15, 0.2) is 243 Å². The quantitative estimate of drug-likeness (QED) is 0.151. The molecule has 0 bridgehead atoms. The van der Waals surface area contributed by atoms with Gasteiger partial charge in [0.2, 0.25) is 0 Å². The molecule has 2 N–H and O–H groups in total. The van der Waals surface area contributed by atoms with Gasteiger partial charge >= 0.3 is 0 Å². The lowest BCUT2D eigenvalue weighted by Crippen LogP contribution is -2.00. The van der Waals surface area contributed by atoms with E-state index in [1.165, 1.54) is 111 Å². The third-order valence-electron chi connectivity index (χ3n) is 14.2. The first-order chi connectivity index (χ1) is 33.6. The van der Waals surface area contributed by atoms with Crippen LogP contribution in [0.4, 0.5) is 0 Å². The largest absolute Gasteiger partial charge is 0.398 e. The van der Waals surface area contributed by atoms with Crippen molar-refractivity contribution in [3.8, 4) is 111 Å². The third-order valence-corrected chi connectivity index (χ3v) is 14.2.